The number of H-pyrrole nitrogens is 2. The smallest absolute Gasteiger partial charge is 0.323 e. The Balaban J connectivity index is 0.000000203. The zero-order valence-corrected chi connectivity index (χ0v) is 10.6. The Hall–Kier alpha value is -1.51. The van der Waals surface area contributed by atoms with Crippen LogP contribution in [-0.2, 0) is 13.4 Å². The summed E-state index contributed by atoms with van der Waals surface area (Å²) < 4.78 is 22.3. The summed E-state index contributed by atoms with van der Waals surface area (Å²) in [5, 5.41) is 0. The van der Waals surface area contributed by atoms with Crippen LogP contribution in [0.15, 0.2) is 11.1 Å². The molecule has 0 bridgehead atoms. The number of aromatic nitrogens is 4. The topological polar surface area (TPSA) is 184 Å². The summed E-state index contributed by atoms with van der Waals surface area (Å²) in [7, 11) is -6.40. The van der Waals surface area contributed by atoms with E-state index in [1.807, 2.05) is 0 Å². The highest BCUT2D eigenvalue weighted by molar-refractivity contribution is 7.46. The van der Waals surface area contributed by atoms with Crippen LogP contribution in [0, 0.1) is 0 Å². The Morgan fingerprint density at radius 2 is 1.94 bits per heavy atom. The molecule has 2 unspecified atom stereocenters. The lowest BCUT2D eigenvalue weighted by Gasteiger charge is -1.89. The van der Waals surface area contributed by atoms with E-state index in [1.54, 1.807) is 0 Å². The van der Waals surface area contributed by atoms with E-state index in [4.69, 9.17) is 15.5 Å². The molecule has 2 heterocycles. The van der Waals surface area contributed by atoms with Gasteiger partial charge in [0.05, 0.1) is 6.33 Å². The molecule has 0 aliphatic heterocycles. The number of nitrogens with two attached hydrogens (primary N) is 1. The highest BCUT2D eigenvalue weighted by atomic mass is 31.2. The number of hydrogen-bond donors (Lipinski definition) is 5. The molecule has 2 aromatic heterocycles. The number of imidazole rings is 1. The van der Waals surface area contributed by atoms with E-state index in [1.165, 1.54) is 6.33 Å². The fourth-order valence-corrected chi connectivity index (χ4v) is 1.53. The number of aromatic amines is 2. The minimum atomic E-state index is -3.20. The molecule has 0 aliphatic carbocycles. The van der Waals surface area contributed by atoms with Crippen LogP contribution in [0.4, 0.5) is 5.95 Å². The Kier molecular flexibility index (Phi) is 5.20. The SMILES string of the molecule is Nc1nc2nc[nH]c2c(=O)[nH]1.O=[PH](O)O[PH](=O)O. The molecule has 13 heteroatoms. The summed E-state index contributed by atoms with van der Waals surface area (Å²) >= 11 is 0. The van der Waals surface area contributed by atoms with E-state index in [2.05, 4.69) is 24.2 Å². The molecule has 0 spiro atoms. The zero-order valence-electron chi connectivity index (χ0n) is 8.58. The summed E-state index contributed by atoms with van der Waals surface area (Å²) in [6.07, 6.45) is 1.40. The van der Waals surface area contributed by atoms with Crippen LogP contribution in [-0.4, -0.2) is 29.7 Å². The summed E-state index contributed by atoms with van der Waals surface area (Å²) in [6.45, 7) is 0. The molecule has 0 amide bonds. The van der Waals surface area contributed by atoms with Crippen molar-refractivity contribution in [3.8, 4) is 0 Å². The van der Waals surface area contributed by atoms with E-state index in [0.29, 0.717) is 11.2 Å². The quantitative estimate of drug-likeness (QED) is 0.433. The Morgan fingerprint density at radius 1 is 1.33 bits per heavy atom. The first-order valence-electron chi connectivity index (χ1n) is 4.22. The number of nitrogens with zero attached hydrogens (tertiary/aromatic N) is 2. The molecule has 0 saturated heterocycles. The standard InChI is InChI=1S/C5H5N5O.H4O5P2/c6-5-9-3-2(4(11)10-5)7-1-8-3;1-6(2)5-7(3)4/h1H,(H4,6,7,8,9,10,11);6-7H,(H,1,2)(H,3,4). The van der Waals surface area contributed by atoms with Crippen molar-refractivity contribution in [2.45, 2.75) is 0 Å². The Bertz CT molecular complexity index is 625. The minimum Gasteiger partial charge on any atom is -0.369 e. The van der Waals surface area contributed by atoms with Gasteiger partial charge in [-0.25, -0.2) is 9.29 Å². The first-order chi connectivity index (χ1) is 8.40. The van der Waals surface area contributed by atoms with Gasteiger partial charge in [-0.2, -0.15) is 4.98 Å². The lowest BCUT2D eigenvalue weighted by Crippen LogP contribution is -2.10. The number of rotatable bonds is 2. The third-order valence-electron chi connectivity index (χ3n) is 1.49. The molecule has 11 nitrogen and oxygen atoms in total. The second-order valence-corrected chi connectivity index (χ2v) is 4.57. The zero-order chi connectivity index (χ0) is 13.7. The first kappa shape index (κ1) is 14.6. The van der Waals surface area contributed by atoms with Crippen molar-refractivity contribution < 1.29 is 23.2 Å². The van der Waals surface area contributed by atoms with Crippen LogP contribution in [0.25, 0.3) is 11.2 Å². The summed E-state index contributed by atoms with van der Waals surface area (Å²) in [5.74, 6) is 0.0783. The average Bonchev–Trinajstić information content (AvgIpc) is 2.63. The van der Waals surface area contributed by atoms with Crippen molar-refractivity contribution in [3.63, 3.8) is 0 Å². The summed E-state index contributed by atoms with van der Waals surface area (Å²) in [5.41, 5.74) is 5.65. The molecule has 100 valence electrons. The van der Waals surface area contributed by atoms with Crippen LogP contribution in [0.5, 0.6) is 0 Å². The van der Waals surface area contributed by atoms with Gasteiger partial charge in [-0.05, 0) is 0 Å². The largest absolute Gasteiger partial charge is 0.369 e. The maximum absolute atomic E-state index is 11.0. The van der Waals surface area contributed by atoms with Gasteiger partial charge in [0.2, 0.25) is 5.95 Å². The lowest BCUT2D eigenvalue weighted by atomic mass is 10.5. The van der Waals surface area contributed by atoms with Gasteiger partial charge >= 0.3 is 16.5 Å². The molecule has 0 aliphatic rings. The Labute approximate surface area is 99.9 Å². The highest BCUT2D eigenvalue weighted by Crippen LogP contribution is 2.30. The number of nitrogen functional groups attached to an aromatic ring is 1. The van der Waals surface area contributed by atoms with Crippen LogP contribution in [0.3, 0.4) is 0 Å². The monoisotopic (exact) mass is 297 g/mol. The van der Waals surface area contributed by atoms with Crippen molar-refractivity contribution in [1.82, 2.24) is 19.9 Å². The molecule has 18 heavy (non-hydrogen) atoms. The van der Waals surface area contributed by atoms with Crippen molar-refractivity contribution in [2.24, 2.45) is 0 Å². The number of anilines is 1. The lowest BCUT2D eigenvalue weighted by molar-refractivity contribution is 0.371. The fourth-order valence-electron chi connectivity index (χ4n) is 0.934. The minimum absolute atomic E-state index is 0.0783. The molecule has 2 aromatic rings. The number of fused-ring (bicyclic) bond motifs is 1. The molecular weight excluding hydrogens is 288 g/mol. The highest BCUT2D eigenvalue weighted by Gasteiger charge is 2.01. The van der Waals surface area contributed by atoms with E-state index in [0.717, 1.165) is 0 Å². The average molecular weight is 297 g/mol. The van der Waals surface area contributed by atoms with Gasteiger partial charge in [-0.3, -0.25) is 18.9 Å². The van der Waals surface area contributed by atoms with Crippen LogP contribution in [0.1, 0.15) is 0 Å². The van der Waals surface area contributed by atoms with Crippen molar-refractivity contribution in [2.75, 3.05) is 5.73 Å². The number of nitrogens with one attached hydrogen (secondary N) is 2. The third kappa shape index (κ3) is 4.40. The third-order valence-corrected chi connectivity index (χ3v) is 2.89. The first-order valence-corrected chi connectivity index (χ1v) is 6.75. The van der Waals surface area contributed by atoms with Crippen LogP contribution < -0.4 is 11.3 Å². The van der Waals surface area contributed by atoms with E-state index < -0.39 is 16.5 Å². The predicted molar refractivity (Wildman–Crippen MR) is 62.4 cm³/mol. The summed E-state index contributed by atoms with van der Waals surface area (Å²) in [4.78, 5) is 39.0. The molecule has 0 saturated carbocycles. The van der Waals surface area contributed by atoms with Crippen molar-refractivity contribution >= 4 is 33.6 Å². The number of hydrogen-bond acceptors (Lipinski definition) is 7. The maximum Gasteiger partial charge on any atom is 0.323 e. The van der Waals surface area contributed by atoms with Crippen LogP contribution >= 0.6 is 16.5 Å². The molecule has 0 aromatic carbocycles. The second kappa shape index (κ2) is 6.43. The van der Waals surface area contributed by atoms with Gasteiger partial charge < -0.3 is 20.5 Å². The maximum atomic E-state index is 11.0. The summed E-state index contributed by atoms with van der Waals surface area (Å²) in [6, 6.07) is 0. The molecule has 2 atom stereocenters. The fraction of sp³-hybridized carbons (Fsp3) is 0. The van der Waals surface area contributed by atoms with E-state index >= 15 is 0 Å². The molecule has 2 rings (SSSR count). The van der Waals surface area contributed by atoms with Gasteiger partial charge in [0.15, 0.2) is 11.2 Å². The molecular formula is C5H9N5O6P2. The van der Waals surface area contributed by atoms with Gasteiger partial charge in [-0.15, -0.1) is 0 Å². The Morgan fingerprint density at radius 3 is 2.44 bits per heavy atom. The van der Waals surface area contributed by atoms with Crippen molar-refractivity contribution in [3.05, 3.63) is 16.7 Å². The second-order valence-electron chi connectivity index (χ2n) is 2.69. The van der Waals surface area contributed by atoms with E-state index in [9.17, 15) is 13.9 Å². The van der Waals surface area contributed by atoms with Gasteiger partial charge in [-0.1, -0.05) is 0 Å². The predicted octanol–water partition coefficient (Wildman–Crippen LogP) is -1.00. The molecule has 0 radical (unpaired) electrons. The van der Waals surface area contributed by atoms with Gasteiger partial charge in [0.25, 0.3) is 5.56 Å². The normalized spacial score (nSPS) is 13.7. The van der Waals surface area contributed by atoms with E-state index in [-0.39, 0.29) is 11.5 Å². The van der Waals surface area contributed by atoms with Gasteiger partial charge in [0, 0.05) is 0 Å². The molecule has 0 fully saturated rings. The van der Waals surface area contributed by atoms with Gasteiger partial charge in [0.1, 0.15) is 0 Å². The van der Waals surface area contributed by atoms with Crippen molar-refractivity contribution in [1.29, 1.82) is 0 Å². The molecule has 6 N–H and O–H groups in total. The van der Waals surface area contributed by atoms with Crippen LogP contribution in [0.2, 0.25) is 0 Å².